The molecule has 1 saturated heterocycles. The monoisotopic (exact) mass is 417 g/mol. The summed E-state index contributed by atoms with van der Waals surface area (Å²) in [6.07, 6.45) is 2.34. The molecule has 2 heterocycles. The van der Waals surface area contributed by atoms with Gasteiger partial charge in [0.1, 0.15) is 11.6 Å². The van der Waals surface area contributed by atoms with Crippen LogP contribution in [0.4, 0.5) is 8.78 Å². The van der Waals surface area contributed by atoms with Crippen molar-refractivity contribution in [2.45, 2.75) is 17.9 Å². The molecule has 0 N–H and O–H groups in total. The standard InChI is InChI=1S/C21H21F2N3O2S/c22-18-4-6-20(7-5-18)29(27,28)26-10-2-9-25(11-12-26)15-17-14-19(23)13-16-3-1-8-24-21(16)17/h1,3-8,13-14H,2,9-12,15H2. The van der Waals surface area contributed by atoms with Gasteiger partial charge < -0.3 is 0 Å². The highest BCUT2D eigenvalue weighted by Gasteiger charge is 2.27. The van der Waals surface area contributed by atoms with Gasteiger partial charge in [-0.3, -0.25) is 9.88 Å². The van der Waals surface area contributed by atoms with Crippen molar-refractivity contribution in [2.75, 3.05) is 26.2 Å². The van der Waals surface area contributed by atoms with E-state index in [9.17, 15) is 17.2 Å². The SMILES string of the molecule is O=S(=O)(c1ccc(F)cc1)N1CCCN(Cc2cc(F)cc3cccnc23)CC1. The van der Waals surface area contributed by atoms with Gasteiger partial charge in [0.15, 0.2) is 0 Å². The molecule has 1 aromatic heterocycles. The predicted octanol–water partition coefficient (Wildman–Crippen LogP) is 3.41. The Morgan fingerprint density at radius 3 is 2.52 bits per heavy atom. The number of pyridine rings is 1. The van der Waals surface area contributed by atoms with Crippen LogP contribution in [0.3, 0.4) is 0 Å². The van der Waals surface area contributed by atoms with E-state index in [1.165, 1.54) is 28.6 Å². The number of halogens is 2. The van der Waals surface area contributed by atoms with Gasteiger partial charge in [-0.1, -0.05) is 6.07 Å². The van der Waals surface area contributed by atoms with E-state index in [-0.39, 0.29) is 10.7 Å². The van der Waals surface area contributed by atoms with E-state index in [0.29, 0.717) is 39.1 Å². The van der Waals surface area contributed by atoms with Gasteiger partial charge in [0.2, 0.25) is 10.0 Å². The largest absolute Gasteiger partial charge is 0.298 e. The van der Waals surface area contributed by atoms with Crippen LogP contribution >= 0.6 is 0 Å². The minimum Gasteiger partial charge on any atom is -0.298 e. The van der Waals surface area contributed by atoms with Crippen molar-refractivity contribution in [1.29, 1.82) is 0 Å². The zero-order chi connectivity index (χ0) is 20.4. The fourth-order valence-electron chi connectivity index (χ4n) is 3.69. The van der Waals surface area contributed by atoms with Gasteiger partial charge in [0, 0.05) is 37.8 Å². The van der Waals surface area contributed by atoms with E-state index >= 15 is 0 Å². The molecule has 3 aromatic rings. The maximum atomic E-state index is 14.0. The van der Waals surface area contributed by atoms with Gasteiger partial charge in [-0.15, -0.1) is 0 Å². The van der Waals surface area contributed by atoms with E-state index in [2.05, 4.69) is 9.88 Å². The summed E-state index contributed by atoms with van der Waals surface area (Å²) in [5, 5.41) is 0.748. The second-order valence-electron chi connectivity index (χ2n) is 7.13. The van der Waals surface area contributed by atoms with Gasteiger partial charge in [-0.25, -0.2) is 17.2 Å². The molecule has 0 saturated carbocycles. The normalized spacial score (nSPS) is 16.8. The molecule has 0 spiro atoms. The lowest BCUT2D eigenvalue weighted by Crippen LogP contribution is -2.35. The van der Waals surface area contributed by atoms with Crippen molar-refractivity contribution < 1.29 is 17.2 Å². The first-order valence-electron chi connectivity index (χ1n) is 9.45. The molecule has 152 valence electrons. The third-order valence-corrected chi connectivity index (χ3v) is 7.05. The second kappa shape index (κ2) is 8.14. The number of aromatic nitrogens is 1. The lowest BCUT2D eigenvalue weighted by molar-refractivity contribution is 0.279. The third kappa shape index (κ3) is 4.29. The van der Waals surface area contributed by atoms with Crippen molar-refractivity contribution in [3.63, 3.8) is 0 Å². The highest BCUT2D eigenvalue weighted by molar-refractivity contribution is 7.89. The van der Waals surface area contributed by atoms with Crippen LogP contribution in [0.1, 0.15) is 12.0 Å². The zero-order valence-electron chi connectivity index (χ0n) is 15.8. The summed E-state index contributed by atoms with van der Waals surface area (Å²) in [7, 11) is -3.67. The first kappa shape index (κ1) is 19.9. The minimum atomic E-state index is -3.67. The summed E-state index contributed by atoms with van der Waals surface area (Å²) >= 11 is 0. The van der Waals surface area contributed by atoms with Crippen LogP contribution in [0.25, 0.3) is 10.9 Å². The number of sulfonamides is 1. The Morgan fingerprint density at radius 1 is 0.931 bits per heavy atom. The van der Waals surface area contributed by atoms with E-state index < -0.39 is 15.8 Å². The van der Waals surface area contributed by atoms with E-state index in [0.717, 1.165) is 28.6 Å². The van der Waals surface area contributed by atoms with Crippen LogP contribution in [0.15, 0.2) is 59.6 Å². The van der Waals surface area contributed by atoms with Crippen molar-refractivity contribution >= 4 is 20.9 Å². The quantitative estimate of drug-likeness (QED) is 0.653. The lowest BCUT2D eigenvalue weighted by atomic mass is 10.1. The van der Waals surface area contributed by atoms with E-state index in [4.69, 9.17) is 0 Å². The Labute approximate surface area is 168 Å². The summed E-state index contributed by atoms with van der Waals surface area (Å²) in [6.45, 7) is 2.42. The molecule has 0 amide bonds. The van der Waals surface area contributed by atoms with Gasteiger partial charge in [-0.05, 0) is 61.0 Å². The average molecular weight is 417 g/mol. The van der Waals surface area contributed by atoms with E-state index in [1.807, 2.05) is 6.07 Å². The average Bonchev–Trinajstić information content (AvgIpc) is 2.94. The Morgan fingerprint density at radius 2 is 1.72 bits per heavy atom. The molecule has 0 aliphatic carbocycles. The fourth-order valence-corrected chi connectivity index (χ4v) is 5.16. The van der Waals surface area contributed by atoms with Gasteiger partial charge in [0.05, 0.1) is 10.4 Å². The number of nitrogens with zero attached hydrogens (tertiary/aromatic N) is 3. The Balaban J connectivity index is 1.51. The van der Waals surface area contributed by atoms with Crippen LogP contribution < -0.4 is 0 Å². The van der Waals surface area contributed by atoms with Crippen LogP contribution in [-0.4, -0.2) is 48.8 Å². The molecule has 5 nitrogen and oxygen atoms in total. The van der Waals surface area contributed by atoms with Crippen LogP contribution in [0.2, 0.25) is 0 Å². The topological polar surface area (TPSA) is 53.5 Å². The van der Waals surface area contributed by atoms with Crippen LogP contribution in [-0.2, 0) is 16.6 Å². The molecule has 0 radical (unpaired) electrons. The first-order valence-corrected chi connectivity index (χ1v) is 10.9. The number of fused-ring (bicyclic) bond motifs is 1. The Hall–Kier alpha value is -2.42. The van der Waals surface area contributed by atoms with Crippen molar-refractivity contribution in [3.8, 4) is 0 Å². The highest BCUT2D eigenvalue weighted by Crippen LogP contribution is 2.22. The summed E-state index contributed by atoms with van der Waals surface area (Å²) in [6, 6.07) is 11.4. The molecule has 0 atom stereocenters. The van der Waals surface area contributed by atoms with Gasteiger partial charge in [-0.2, -0.15) is 4.31 Å². The molecule has 1 aliphatic heterocycles. The van der Waals surface area contributed by atoms with Gasteiger partial charge >= 0.3 is 0 Å². The first-order chi connectivity index (χ1) is 13.9. The van der Waals surface area contributed by atoms with Gasteiger partial charge in [0.25, 0.3) is 0 Å². The Bertz CT molecular complexity index is 1120. The third-order valence-electron chi connectivity index (χ3n) is 5.14. The van der Waals surface area contributed by atoms with Crippen molar-refractivity contribution in [3.05, 3.63) is 71.9 Å². The number of benzene rings is 2. The number of rotatable bonds is 4. The molecule has 2 aromatic carbocycles. The Kier molecular flexibility index (Phi) is 5.58. The smallest absolute Gasteiger partial charge is 0.243 e. The molecule has 29 heavy (non-hydrogen) atoms. The van der Waals surface area contributed by atoms with Crippen molar-refractivity contribution in [2.24, 2.45) is 0 Å². The number of hydrogen-bond acceptors (Lipinski definition) is 4. The fraction of sp³-hybridized carbons (Fsp3) is 0.286. The van der Waals surface area contributed by atoms with Crippen LogP contribution in [0.5, 0.6) is 0 Å². The minimum absolute atomic E-state index is 0.0904. The van der Waals surface area contributed by atoms with Crippen LogP contribution in [0, 0.1) is 11.6 Å². The maximum Gasteiger partial charge on any atom is 0.243 e. The molecule has 1 fully saturated rings. The lowest BCUT2D eigenvalue weighted by Gasteiger charge is -2.22. The molecule has 8 heteroatoms. The molecule has 1 aliphatic rings. The second-order valence-corrected chi connectivity index (χ2v) is 9.07. The molecule has 0 bridgehead atoms. The maximum absolute atomic E-state index is 14.0. The van der Waals surface area contributed by atoms with Crippen molar-refractivity contribution in [1.82, 2.24) is 14.2 Å². The molecular formula is C21H21F2N3O2S. The highest BCUT2D eigenvalue weighted by atomic mass is 32.2. The summed E-state index contributed by atoms with van der Waals surface area (Å²) in [5.41, 5.74) is 1.55. The van der Waals surface area contributed by atoms with E-state index in [1.54, 1.807) is 12.3 Å². The molecule has 4 rings (SSSR count). The summed E-state index contributed by atoms with van der Waals surface area (Å²) in [4.78, 5) is 6.59. The number of hydrogen-bond donors (Lipinski definition) is 0. The summed E-state index contributed by atoms with van der Waals surface area (Å²) in [5.74, 6) is -0.780. The summed E-state index contributed by atoms with van der Waals surface area (Å²) < 4.78 is 54.3. The predicted molar refractivity (Wildman–Crippen MR) is 107 cm³/mol. The molecular weight excluding hydrogens is 396 g/mol. The zero-order valence-corrected chi connectivity index (χ0v) is 16.6. The molecule has 0 unspecified atom stereocenters.